The van der Waals surface area contributed by atoms with Crippen molar-refractivity contribution in [2.75, 3.05) is 7.11 Å². The summed E-state index contributed by atoms with van der Waals surface area (Å²) in [5.41, 5.74) is -0.305. The summed E-state index contributed by atoms with van der Waals surface area (Å²) >= 11 is 0. The Balaban J connectivity index is 2.86. The topological polar surface area (TPSA) is 67.2 Å². The number of ether oxygens (including phenoxy) is 1. The number of nitrogens with zero attached hydrogens (tertiary/aromatic N) is 1. The number of allylic oxidation sites excluding steroid dienone is 1. The smallest absolute Gasteiger partial charge is 0.330 e. The summed E-state index contributed by atoms with van der Waals surface area (Å²) in [6, 6.07) is 11.7. The van der Waals surface area contributed by atoms with E-state index in [1.807, 2.05) is 36.4 Å². The summed E-state index contributed by atoms with van der Waals surface area (Å²) in [4.78, 5) is 22.3. The second-order valence-corrected chi connectivity index (χ2v) is 4.37. The Kier molecular flexibility index (Phi) is 6.18. The van der Waals surface area contributed by atoms with Gasteiger partial charge in [0.2, 0.25) is 0 Å². The average molecular weight is 271 g/mol. The van der Waals surface area contributed by atoms with Gasteiger partial charge >= 0.3 is 5.97 Å². The van der Waals surface area contributed by atoms with Crippen LogP contribution < -0.4 is 0 Å². The SMILES string of the molecule is COC(=O)C(C#N)(/C=C/Cc1ccccc1)CCC=O. The number of carbonyl (C=O) groups is 2. The lowest BCUT2D eigenvalue weighted by Crippen LogP contribution is -2.29. The third-order valence-corrected chi connectivity index (χ3v) is 3.00. The Morgan fingerprint density at radius 1 is 1.40 bits per heavy atom. The van der Waals surface area contributed by atoms with Crippen LogP contribution in [0, 0.1) is 16.7 Å². The van der Waals surface area contributed by atoms with Crippen molar-refractivity contribution in [1.29, 1.82) is 5.26 Å². The molecule has 0 heterocycles. The molecule has 0 saturated heterocycles. The Morgan fingerprint density at radius 3 is 2.65 bits per heavy atom. The minimum Gasteiger partial charge on any atom is -0.468 e. The number of methoxy groups -OCH3 is 1. The number of carbonyl (C=O) groups excluding carboxylic acids is 2. The molecule has 1 unspecified atom stereocenters. The molecule has 0 fully saturated rings. The molecule has 20 heavy (non-hydrogen) atoms. The molecule has 0 bridgehead atoms. The monoisotopic (exact) mass is 271 g/mol. The number of nitriles is 1. The molecule has 1 aromatic carbocycles. The van der Waals surface area contributed by atoms with Crippen LogP contribution in [0.1, 0.15) is 18.4 Å². The predicted molar refractivity (Wildman–Crippen MR) is 74.6 cm³/mol. The predicted octanol–water partition coefficient (Wildman–Crippen LogP) is 2.45. The summed E-state index contributed by atoms with van der Waals surface area (Å²) in [6.45, 7) is 0. The molecule has 0 radical (unpaired) electrons. The van der Waals surface area contributed by atoms with Crippen LogP contribution in [0.2, 0.25) is 0 Å². The highest BCUT2D eigenvalue weighted by Gasteiger charge is 2.36. The van der Waals surface area contributed by atoms with E-state index in [0.717, 1.165) is 5.56 Å². The molecule has 0 aliphatic heterocycles. The van der Waals surface area contributed by atoms with E-state index in [2.05, 4.69) is 4.74 Å². The Bertz CT molecular complexity index is 516. The second-order valence-electron chi connectivity index (χ2n) is 4.37. The lowest BCUT2D eigenvalue weighted by atomic mass is 9.84. The van der Waals surface area contributed by atoms with Gasteiger partial charge in [-0.2, -0.15) is 5.26 Å². The highest BCUT2D eigenvalue weighted by molar-refractivity contribution is 5.82. The molecule has 0 N–H and O–H groups in total. The zero-order valence-electron chi connectivity index (χ0n) is 11.4. The molecular formula is C16H17NO3. The standard InChI is InChI=1S/C16H17NO3/c1-20-15(19)16(13-17,11-6-12-18)10-5-9-14-7-3-2-4-8-14/h2-5,7-8,10,12H,6,9,11H2,1H3/b10-5+. The first-order valence-corrected chi connectivity index (χ1v) is 6.33. The van der Waals surface area contributed by atoms with Crippen molar-refractivity contribution in [2.45, 2.75) is 19.3 Å². The van der Waals surface area contributed by atoms with Crippen molar-refractivity contribution in [3.8, 4) is 6.07 Å². The third kappa shape index (κ3) is 4.06. The molecule has 0 spiro atoms. The summed E-state index contributed by atoms with van der Waals surface area (Å²) < 4.78 is 4.68. The summed E-state index contributed by atoms with van der Waals surface area (Å²) in [5.74, 6) is -0.633. The lowest BCUT2D eigenvalue weighted by Gasteiger charge is -2.18. The van der Waals surface area contributed by atoms with E-state index in [4.69, 9.17) is 0 Å². The zero-order valence-corrected chi connectivity index (χ0v) is 11.4. The van der Waals surface area contributed by atoms with Crippen LogP contribution in [0.15, 0.2) is 42.5 Å². The van der Waals surface area contributed by atoms with Crippen LogP contribution in [-0.4, -0.2) is 19.4 Å². The first kappa shape index (κ1) is 15.6. The molecule has 104 valence electrons. The van der Waals surface area contributed by atoms with E-state index < -0.39 is 11.4 Å². The molecule has 1 rings (SSSR count). The van der Waals surface area contributed by atoms with Crippen molar-refractivity contribution in [2.24, 2.45) is 5.41 Å². The molecule has 0 saturated carbocycles. The van der Waals surface area contributed by atoms with Crippen LogP contribution in [0.25, 0.3) is 0 Å². The minimum absolute atomic E-state index is 0.130. The van der Waals surface area contributed by atoms with Gasteiger partial charge < -0.3 is 9.53 Å². The van der Waals surface area contributed by atoms with Crippen LogP contribution in [0.4, 0.5) is 0 Å². The number of hydrogen-bond donors (Lipinski definition) is 0. The normalized spacial score (nSPS) is 13.4. The third-order valence-electron chi connectivity index (χ3n) is 3.00. The number of esters is 1. The van der Waals surface area contributed by atoms with Gasteiger partial charge in [0.1, 0.15) is 6.29 Å². The number of rotatable bonds is 7. The maximum Gasteiger partial charge on any atom is 0.330 e. The molecular weight excluding hydrogens is 254 g/mol. The van der Waals surface area contributed by atoms with Gasteiger partial charge in [-0.1, -0.05) is 42.5 Å². The van der Waals surface area contributed by atoms with Gasteiger partial charge in [-0.25, -0.2) is 4.79 Å². The maximum atomic E-state index is 11.8. The quantitative estimate of drug-likeness (QED) is 0.434. The average Bonchev–Trinajstić information content (AvgIpc) is 2.51. The molecule has 1 aromatic rings. The van der Waals surface area contributed by atoms with Crippen molar-refractivity contribution in [1.82, 2.24) is 0 Å². The number of benzene rings is 1. The lowest BCUT2D eigenvalue weighted by molar-refractivity contribution is -0.147. The van der Waals surface area contributed by atoms with Crippen LogP contribution in [0.3, 0.4) is 0 Å². The zero-order chi connectivity index (χ0) is 14.8. The highest BCUT2D eigenvalue weighted by atomic mass is 16.5. The molecule has 4 nitrogen and oxygen atoms in total. The highest BCUT2D eigenvalue weighted by Crippen LogP contribution is 2.26. The largest absolute Gasteiger partial charge is 0.468 e. The van der Waals surface area contributed by atoms with E-state index in [0.29, 0.717) is 12.7 Å². The molecule has 4 heteroatoms. The number of aldehydes is 1. The minimum atomic E-state index is -1.38. The molecule has 0 aliphatic rings. The first-order chi connectivity index (χ1) is 9.68. The van der Waals surface area contributed by atoms with Gasteiger partial charge in [0.25, 0.3) is 0 Å². The van der Waals surface area contributed by atoms with Gasteiger partial charge in [-0.3, -0.25) is 0 Å². The van der Waals surface area contributed by atoms with Gasteiger partial charge in [-0.15, -0.1) is 0 Å². The Morgan fingerprint density at radius 2 is 2.10 bits per heavy atom. The van der Waals surface area contributed by atoms with Crippen LogP contribution in [0.5, 0.6) is 0 Å². The second kappa shape index (κ2) is 7.90. The van der Waals surface area contributed by atoms with Gasteiger partial charge in [-0.05, 0) is 18.4 Å². The molecule has 1 atom stereocenters. The molecule has 0 amide bonds. The van der Waals surface area contributed by atoms with Crippen LogP contribution in [-0.2, 0) is 20.7 Å². The fourth-order valence-corrected chi connectivity index (χ4v) is 1.87. The number of hydrogen-bond acceptors (Lipinski definition) is 4. The van der Waals surface area contributed by atoms with E-state index in [9.17, 15) is 14.9 Å². The molecule has 0 aromatic heterocycles. The fraction of sp³-hybridized carbons (Fsp3) is 0.312. The van der Waals surface area contributed by atoms with Crippen LogP contribution >= 0.6 is 0 Å². The van der Waals surface area contributed by atoms with Crippen molar-refractivity contribution < 1.29 is 14.3 Å². The first-order valence-electron chi connectivity index (χ1n) is 6.33. The van der Waals surface area contributed by atoms with E-state index in [-0.39, 0.29) is 12.8 Å². The van der Waals surface area contributed by atoms with Crippen molar-refractivity contribution in [3.63, 3.8) is 0 Å². The summed E-state index contributed by atoms with van der Waals surface area (Å²) in [7, 11) is 1.24. The van der Waals surface area contributed by atoms with Crippen molar-refractivity contribution in [3.05, 3.63) is 48.0 Å². The Hall–Kier alpha value is -2.41. The van der Waals surface area contributed by atoms with E-state index >= 15 is 0 Å². The van der Waals surface area contributed by atoms with E-state index in [1.165, 1.54) is 13.2 Å². The maximum absolute atomic E-state index is 11.8. The summed E-state index contributed by atoms with van der Waals surface area (Å²) in [5, 5.41) is 9.28. The van der Waals surface area contributed by atoms with E-state index in [1.54, 1.807) is 6.08 Å². The fourth-order valence-electron chi connectivity index (χ4n) is 1.87. The summed E-state index contributed by atoms with van der Waals surface area (Å²) in [6.07, 6.45) is 4.88. The molecule has 0 aliphatic carbocycles. The Labute approximate surface area is 118 Å². The van der Waals surface area contributed by atoms with Gasteiger partial charge in [0, 0.05) is 6.42 Å². The van der Waals surface area contributed by atoms with Gasteiger partial charge in [0.05, 0.1) is 13.2 Å². The van der Waals surface area contributed by atoms with Gasteiger partial charge in [0.15, 0.2) is 5.41 Å². The van der Waals surface area contributed by atoms with Crippen molar-refractivity contribution >= 4 is 12.3 Å².